The molecule has 1 aromatic rings. The fourth-order valence-corrected chi connectivity index (χ4v) is 1.69. The highest BCUT2D eigenvalue weighted by atomic mass is 16.2. The van der Waals surface area contributed by atoms with Gasteiger partial charge in [0.05, 0.1) is 0 Å². The van der Waals surface area contributed by atoms with Crippen LogP contribution >= 0.6 is 0 Å². The minimum atomic E-state index is 0.0874. The Morgan fingerprint density at radius 1 is 1.29 bits per heavy atom. The molecule has 0 fully saturated rings. The fourth-order valence-electron chi connectivity index (χ4n) is 1.69. The second-order valence-corrected chi connectivity index (χ2v) is 4.30. The lowest BCUT2D eigenvalue weighted by Crippen LogP contribution is -2.22. The number of aryl methyl sites for hydroxylation is 1. The summed E-state index contributed by atoms with van der Waals surface area (Å²) in [7, 11) is 0. The van der Waals surface area contributed by atoms with Crippen molar-refractivity contribution in [3.8, 4) is 0 Å². The van der Waals surface area contributed by atoms with Crippen molar-refractivity contribution in [2.45, 2.75) is 39.2 Å². The molecule has 3 heteroatoms. The minimum absolute atomic E-state index is 0.0874. The Morgan fingerprint density at radius 3 is 2.82 bits per heavy atom. The molecular formula is C14H21NO2. The summed E-state index contributed by atoms with van der Waals surface area (Å²) in [6.07, 6.45) is 3.09. The van der Waals surface area contributed by atoms with E-state index in [1.54, 1.807) is 0 Å². The molecule has 0 heterocycles. The molecule has 0 radical (unpaired) electrons. The molecule has 3 nitrogen and oxygen atoms in total. The highest BCUT2D eigenvalue weighted by Crippen LogP contribution is 2.04. The summed E-state index contributed by atoms with van der Waals surface area (Å²) in [5.41, 5.74) is 2.34. The van der Waals surface area contributed by atoms with E-state index < -0.39 is 0 Å². The molecule has 17 heavy (non-hydrogen) atoms. The van der Waals surface area contributed by atoms with E-state index in [9.17, 15) is 4.79 Å². The third kappa shape index (κ3) is 6.07. The van der Waals surface area contributed by atoms with Crippen LogP contribution in [0.2, 0.25) is 0 Å². The van der Waals surface area contributed by atoms with Gasteiger partial charge in [-0.05, 0) is 25.3 Å². The monoisotopic (exact) mass is 235 g/mol. The van der Waals surface area contributed by atoms with Crippen LogP contribution in [0.25, 0.3) is 0 Å². The molecule has 0 atom stereocenters. The van der Waals surface area contributed by atoms with Crippen LogP contribution in [-0.2, 0) is 11.3 Å². The summed E-state index contributed by atoms with van der Waals surface area (Å²) >= 11 is 0. The van der Waals surface area contributed by atoms with E-state index in [0.29, 0.717) is 13.0 Å². The van der Waals surface area contributed by atoms with Gasteiger partial charge in [0.25, 0.3) is 0 Å². The van der Waals surface area contributed by atoms with Crippen LogP contribution in [0.5, 0.6) is 0 Å². The Balaban J connectivity index is 2.19. The number of aliphatic hydroxyl groups excluding tert-OH is 1. The van der Waals surface area contributed by atoms with Crippen LogP contribution in [0.1, 0.15) is 36.8 Å². The molecule has 1 rings (SSSR count). The van der Waals surface area contributed by atoms with Gasteiger partial charge >= 0.3 is 0 Å². The van der Waals surface area contributed by atoms with Crippen LogP contribution in [0.3, 0.4) is 0 Å². The third-order valence-corrected chi connectivity index (χ3v) is 2.63. The van der Waals surface area contributed by atoms with Crippen LogP contribution in [0.4, 0.5) is 0 Å². The lowest BCUT2D eigenvalue weighted by molar-refractivity contribution is -0.121. The van der Waals surface area contributed by atoms with E-state index in [4.69, 9.17) is 5.11 Å². The SMILES string of the molecule is Cc1cccc(CNC(=O)CCCCCO)c1. The summed E-state index contributed by atoms with van der Waals surface area (Å²) in [5.74, 6) is 0.0874. The molecule has 0 aliphatic heterocycles. The minimum Gasteiger partial charge on any atom is -0.396 e. The van der Waals surface area contributed by atoms with E-state index >= 15 is 0 Å². The van der Waals surface area contributed by atoms with Crippen LogP contribution in [-0.4, -0.2) is 17.6 Å². The zero-order chi connectivity index (χ0) is 12.5. The zero-order valence-corrected chi connectivity index (χ0v) is 10.4. The Kier molecular flexibility index (Phi) is 6.33. The molecule has 0 aliphatic carbocycles. The predicted octanol–water partition coefficient (Wildman–Crippen LogP) is 2.16. The van der Waals surface area contributed by atoms with Crippen molar-refractivity contribution in [1.82, 2.24) is 5.32 Å². The van der Waals surface area contributed by atoms with Gasteiger partial charge in [0.2, 0.25) is 5.91 Å². The summed E-state index contributed by atoms with van der Waals surface area (Å²) in [6, 6.07) is 8.13. The molecule has 1 amide bonds. The zero-order valence-electron chi connectivity index (χ0n) is 10.4. The third-order valence-electron chi connectivity index (χ3n) is 2.63. The molecule has 2 N–H and O–H groups in total. The number of amides is 1. The number of hydrogen-bond acceptors (Lipinski definition) is 2. The Hall–Kier alpha value is -1.35. The first-order chi connectivity index (χ1) is 8.22. The molecule has 0 aromatic heterocycles. The van der Waals surface area contributed by atoms with Gasteiger partial charge in [-0.1, -0.05) is 36.2 Å². The Bertz CT molecular complexity index is 350. The summed E-state index contributed by atoms with van der Waals surface area (Å²) in [5, 5.41) is 11.5. The molecule has 0 bridgehead atoms. The Labute approximate surface area is 103 Å². The Morgan fingerprint density at radius 2 is 2.12 bits per heavy atom. The quantitative estimate of drug-likeness (QED) is 0.712. The first-order valence-corrected chi connectivity index (χ1v) is 6.15. The van der Waals surface area contributed by atoms with Crippen LogP contribution in [0, 0.1) is 6.92 Å². The number of aliphatic hydroxyl groups is 1. The number of carbonyl (C=O) groups excluding carboxylic acids is 1. The van der Waals surface area contributed by atoms with Gasteiger partial charge in [0.1, 0.15) is 0 Å². The van der Waals surface area contributed by atoms with Crippen molar-refractivity contribution in [2.75, 3.05) is 6.61 Å². The van der Waals surface area contributed by atoms with Crippen molar-refractivity contribution in [3.05, 3.63) is 35.4 Å². The highest BCUT2D eigenvalue weighted by Gasteiger charge is 2.01. The average molecular weight is 235 g/mol. The van der Waals surface area contributed by atoms with Gasteiger partial charge < -0.3 is 10.4 Å². The fraction of sp³-hybridized carbons (Fsp3) is 0.500. The number of rotatable bonds is 7. The van der Waals surface area contributed by atoms with Gasteiger partial charge in [0, 0.05) is 19.6 Å². The molecule has 0 aliphatic rings. The maximum Gasteiger partial charge on any atom is 0.220 e. The second-order valence-electron chi connectivity index (χ2n) is 4.30. The second kappa shape index (κ2) is 7.85. The van der Waals surface area contributed by atoms with Crippen molar-refractivity contribution < 1.29 is 9.90 Å². The lowest BCUT2D eigenvalue weighted by Gasteiger charge is -2.05. The van der Waals surface area contributed by atoms with Gasteiger partial charge in [-0.2, -0.15) is 0 Å². The molecule has 1 aromatic carbocycles. The number of hydrogen-bond donors (Lipinski definition) is 2. The maximum atomic E-state index is 11.5. The van der Waals surface area contributed by atoms with Crippen molar-refractivity contribution in [1.29, 1.82) is 0 Å². The van der Waals surface area contributed by atoms with Crippen LogP contribution in [0.15, 0.2) is 24.3 Å². The number of unbranched alkanes of at least 4 members (excludes halogenated alkanes) is 2. The highest BCUT2D eigenvalue weighted by molar-refractivity contribution is 5.75. The largest absolute Gasteiger partial charge is 0.396 e. The molecule has 0 unspecified atom stereocenters. The van der Waals surface area contributed by atoms with E-state index in [-0.39, 0.29) is 12.5 Å². The van der Waals surface area contributed by atoms with Gasteiger partial charge in [-0.15, -0.1) is 0 Å². The summed E-state index contributed by atoms with van der Waals surface area (Å²) in [4.78, 5) is 11.5. The van der Waals surface area contributed by atoms with E-state index in [2.05, 4.69) is 11.4 Å². The lowest BCUT2D eigenvalue weighted by atomic mass is 10.1. The van der Waals surface area contributed by atoms with E-state index in [0.717, 1.165) is 24.8 Å². The maximum absolute atomic E-state index is 11.5. The van der Waals surface area contributed by atoms with Crippen molar-refractivity contribution >= 4 is 5.91 Å². The van der Waals surface area contributed by atoms with E-state index in [1.165, 1.54) is 5.56 Å². The molecule has 0 saturated carbocycles. The van der Waals surface area contributed by atoms with Gasteiger partial charge in [-0.3, -0.25) is 4.79 Å². The molecule has 94 valence electrons. The van der Waals surface area contributed by atoms with E-state index in [1.807, 2.05) is 25.1 Å². The average Bonchev–Trinajstić information content (AvgIpc) is 2.32. The predicted molar refractivity (Wildman–Crippen MR) is 68.6 cm³/mol. The molecular weight excluding hydrogens is 214 g/mol. The number of carbonyl (C=O) groups is 1. The van der Waals surface area contributed by atoms with Crippen molar-refractivity contribution in [2.24, 2.45) is 0 Å². The smallest absolute Gasteiger partial charge is 0.220 e. The number of nitrogens with one attached hydrogen (secondary N) is 1. The normalized spacial score (nSPS) is 10.2. The van der Waals surface area contributed by atoms with Crippen molar-refractivity contribution in [3.63, 3.8) is 0 Å². The van der Waals surface area contributed by atoms with Gasteiger partial charge in [-0.25, -0.2) is 0 Å². The number of benzene rings is 1. The van der Waals surface area contributed by atoms with Gasteiger partial charge in [0.15, 0.2) is 0 Å². The summed E-state index contributed by atoms with van der Waals surface area (Å²) < 4.78 is 0. The molecule has 0 saturated heterocycles. The van der Waals surface area contributed by atoms with Crippen LogP contribution < -0.4 is 5.32 Å². The first kappa shape index (κ1) is 13.7. The first-order valence-electron chi connectivity index (χ1n) is 6.15. The standard InChI is InChI=1S/C14H21NO2/c1-12-6-5-7-13(10-12)11-15-14(17)8-3-2-4-9-16/h5-7,10,16H,2-4,8-9,11H2,1H3,(H,15,17). The summed E-state index contributed by atoms with van der Waals surface area (Å²) in [6.45, 7) is 2.85. The topological polar surface area (TPSA) is 49.3 Å². The molecule has 0 spiro atoms.